The second-order valence-corrected chi connectivity index (χ2v) is 8.18. The number of nitro benzene ring substituents is 1. The monoisotopic (exact) mass is 507 g/mol. The summed E-state index contributed by atoms with van der Waals surface area (Å²) in [6, 6.07) is 7.60. The van der Waals surface area contributed by atoms with Gasteiger partial charge in [-0.2, -0.15) is 10.2 Å². The fourth-order valence-corrected chi connectivity index (χ4v) is 3.56. The van der Waals surface area contributed by atoms with Gasteiger partial charge >= 0.3 is 5.69 Å². The number of nitrogens with one attached hydrogen (secondary N) is 2. The van der Waals surface area contributed by atoms with Crippen LogP contribution in [0.2, 0.25) is 0 Å². The van der Waals surface area contributed by atoms with Gasteiger partial charge in [0.2, 0.25) is 0 Å². The molecule has 2 N–H and O–H groups in total. The summed E-state index contributed by atoms with van der Waals surface area (Å²) in [4.78, 5) is 36.6. The number of rotatable bonds is 9. The molecule has 0 spiro atoms. The molecule has 0 aliphatic carbocycles. The Morgan fingerprint density at radius 2 is 1.81 bits per heavy atom. The van der Waals surface area contributed by atoms with Crippen LogP contribution < -0.4 is 15.4 Å². The highest BCUT2D eigenvalue weighted by Crippen LogP contribution is 2.29. The molecule has 13 nitrogen and oxygen atoms in total. The van der Waals surface area contributed by atoms with Crippen molar-refractivity contribution in [1.29, 1.82) is 0 Å². The average Bonchev–Trinajstić information content (AvgIpc) is 3.58. The van der Waals surface area contributed by atoms with E-state index in [-0.39, 0.29) is 40.9 Å². The van der Waals surface area contributed by atoms with Crippen molar-refractivity contribution in [2.75, 3.05) is 10.6 Å². The summed E-state index contributed by atoms with van der Waals surface area (Å²) in [6.07, 6.45) is 2.92. The van der Waals surface area contributed by atoms with E-state index < -0.39 is 16.7 Å². The van der Waals surface area contributed by atoms with Gasteiger partial charge in [0.25, 0.3) is 11.8 Å². The van der Waals surface area contributed by atoms with Gasteiger partial charge in [-0.05, 0) is 44.5 Å². The first-order valence-corrected chi connectivity index (χ1v) is 11.3. The van der Waals surface area contributed by atoms with Crippen LogP contribution in [0.15, 0.2) is 47.1 Å². The minimum Gasteiger partial charge on any atom is -0.479 e. The molecule has 0 radical (unpaired) electrons. The molecule has 2 amide bonds. The smallest absolute Gasteiger partial charge is 0.311 e. The molecule has 0 atom stereocenters. The topological polar surface area (TPSA) is 159 Å². The van der Waals surface area contributed by atoms with Gasteiger partial charge in [-0.15, -0.1) is 0 Å². The number of aromatic nitrogens is 4. The normalized spacial score (nSPS) is 10.8. The minimum absolute atomic E-state index is 0.0317. The molecular weight excluding hydrogens is 482 g/mol. The predicted octanol–water partition coefficient (Wildman–Crippen LogP) is 3.84. The van der Waals surface area contributed by atoms with Crippen LogP contribution in [0.25, 0.3) is 0 Å². The van der Waals surface area contributed by atoms with Crippen LogP contribution in [-0.2, 0) is 20.2 Å². The first-order valence-electron chi connectivity index (χ1n) is 11.3. The van der Waals surface area contributed by atoms with Crippen LogP contribution in [0.4, 0.5) is 17.1 Å². The summed E-state index contributed by atoms with van der Waals surface area (Å²) < 4.78 is 14.2. The number of carbonyl (C=O) groups is 2. The molecule has 3 heterocycles. The van der Waals surface area contributed by atoms with Crippen LogP contribution >= 0.6 is 0 Å². The Bertz CT molecular complexity index is 1480. The Kier molecular flexibility index (Phi) is 7.04. The summed E-state index contributed by atoms with van der Waals surface area (Å²) in [6.45, 7) is 5.66. The molecule has 0 saturated heterocycles. The number of hydrogen-bond donors (Lipinski definition) is 2. The maximum atomic E-state index is 13.0. The number of nitrogens with zero attached hydrogens (tertiary/aromatic N) is 5. The van der Waals surface area contributed by atoms with Crippen molar-refractivity contribution in [1.82, 2.24) is 19.6 Å². The number of anilines is 2. The molecule has 13 heteroatoms. The minimum atomic E-state index is -0.602. The molecule has 0 bridgehead atoms. The zero-order valence-electron chi connectivity index (χ0n) is 20.6. The van der Waals surface area contributed by atoms with Crippen molar-refractivity contribution in [2.24, 2.45) is 7.05 Å². The maximum absolute atomic E-state index is 13.0. The van der Waals surface area contributed by atoms with Gasteiger partial charge in [0.05, 0.1) is 34.4 Å². The van der Waals surface area contributed by atoms with Crippen LogP contribution in [0.3, 0.4) is 0 Å². The third-order valence-electron chi connectivity index (χ3n) is 5.65. The summed E-state index contributed by atoms with van der Waals surface area (Å²) >= 11 is 0. The lowest BCUT2D eigenvalue weighted by molar-refractivity contribution is -0.386. The van der Waals surface area contributed by atoms with E-state index in [2.05, 4.69) is 20.8 Å². The number of nitro groups is 1. The number of benzene rings is 1. The van der Waals surface area contributed by atoms with Crippen LogP contribution in [0.5, 0.6) is 5.75 Å². The van der Waals surface area contributed by atoms with Crippen LogP contribution in [0, 0.1) is 24.0 Å². The summed E-state index contributed by atoms with van der Waals surface area (Å²) in [5.74, 6) is -0.719. The second kappa shape index (κ2) is 10.4. The van der Waals surface area contributed by atoms with Crippen molar-refractivity contribution < 1.29 is 23.7 Å². The van der Waals surface area contributed by atoms with E-state index in [1.165, 1.54) is 41.3 Å². The molecule has 4 rings (SSSR count). The van der Waals surface area contributed by atoms with Gasteiger partial charge < -0.3 is 19.8 Å². The van der Waals surface area contributed by atoms with Crippen molar-refractivity contribution in [3.63, 3.8) is 0 Å². The molecule has 3 aromatic heterocycles. The molecule has 192 valence electrons. The molecule has 4 aromatic rings. The zero-order chi connectivity index (χ0) is 26.7. The number of carbonyl (C=O) groups excluding carboxylic acids is 2. The lowest BCUT2D eigenvalue weighted by Gasteiger charge is -2.09. The lowest BCUT2D eigenvalue weighted by Crippen LogP contribution is -2.21. The van der Waals surface area contributed by atoms with E-state index in [1.807, 2.05) is 13.8 Å². The van der Waals surface area contributed by atoms with E-state index in [1.54, 1.807) is 24.7 Å². The molecule has 0 aliphatic heterocycles. The molecule has 0 fully saturated rings. The van der Waals surface area contributed by atoms with Crippen molar-refractivity contribution in [3.8, 4) is 5.75 Å². The Morgan fingerprint density at radius 3 is 2.49 bits per heavy atom. The Labute approximate surface area is 211 Å². The number of amides is 2. The third-order valence-corrected chi connectivity index (χ3v) is 5.65. The standard InChI is InChI=1S/C24H25N7O6/c1-5-30-22(24(33)27-17-11-25-29(4)15(17)3)18(12-26-30)28-23(32)21-9-7-16(37-21)13-36-20-8-6-14(2)10-19(20)31(34)35/h6-12H,5,13H2,1-4H3,(H,27,33)(H,28,32). The Morgan fingerprint density at radius 1 is 1.08 bits per heavy atom. The SMILES string of the molecule is CCn1ncc(NC(=O)c2ccc(COc3ccc(C)cc3[N+](=O)[O-])o2)c1C(=O)Nc1cnn(C)c1C. The van der Waals surface area contributed by atoms with Gasteiger partial charge in [-0.3, -0.25) is 29.1 Å². The van der Waals surface area contributed by atoms with Gasteiger partial charge in [-0.1, -0.05) is 6.07 Å². The highest BCUT2D eigenvalue weighted by Gasteiger charge is 2.23. The number of ether oxygens (including phenoxy) is 1. The van der Waals surface area contributed by atoms with Gasteiger partial charge in [0.1, 0.15) is 18.1 Å². The highest BCUT2D eigenvalue weighted by atomic mass is 16.6. The van der Waals surface area contributed by atoms with Crippen LogP contribution in [-0.4, -0.2) is 36.3 Å². The van der Waals surface area contributed by atoms with Gasteiger partial charge in [-0.25, -0.2) is 0 Å². The van der Waals surface area contributed by atoms with E-state index in [4.69, 9.17) is 9.15 Å². The number of hydrogen-bond acceptors (Lipinski definition) is 8. The average molecular weight is 508 g/mol. The number of furan rings is 1. The summed E-state index contributed by atoms with van der Waals surface area (Å²) in [7, 11) is 1.76. The first kappa shape index (κ1) is 25.2. The largest absolute Gasteiger partial charge is 0.479 e. The predicted molar refractivity (Wildman–Crippen MR) is 133 cm³/mol. The summed E-state index contributed by atoms with van der Waals surface area (Å²) in [5, 5.41) is 25.0. The number of aryl methyl sites for hydroxylation is 3. The molecule has 37 heavy (non-hydrogen) atoms. The molecule has 1 aromatic carbocycles. The first-order chi connectivity index (χ1) is 17.7. The van der Waals surface area contributed by atoms with Crippen molar-refractivity contribution in [2.45, 2.75) is 33.9 Å². The van der Waals surface area contributed by atoms with E-state index in [0.29, 0.717) is 12.2 Å². The maximum Gasteiger partial charge on any atom is 0.311 e. The Balaban J connectivity index is 1.46. The van der Waals surface area contributed by atoms with Crippen molar-refractivity contribution in [3.05, 3.63) is 81.3 Å². The fourth-order valence-electron chi connectivity index (χ4n) is 3.56. The quantitative estimate of drug-likeness (QED) is 0.255. The third kappa shape index (κ3) is 5.34. The second-order valence-electron chi connectivity index (χ2n) is 8.18. The highest BCUT2D eigenvalue weighted by molar-refractivity contribution is 6.11. The molecule has 0 aliphatic rings. The van der Waals surface area contributed by atoms with Crippen LogP contribution in [0.1, 0.15) is 45.0 Å². The lowest BCUT2D eigenvalue weighted by atomic mass is 10.2. The zero-order valence-corrected chi connectivity index (χ0v) is 20.6. The molecule has 0 unspecified atom stereocenters. The van der Waals surface area contributed by atoms with Gasteiger partial charge in [0, 0.05) is 19.7 Å². The molecule has 0 saturated carbocycles. The molecular formula is C24H25N7O6. The van der Waals surface area contributed by atoms with Crippen molar-refractivity contribution >= 4 is 28.9 Å². The Hall–Kier alpha value is -4.94. The van der Waals surface area contributed by atoms with E-state index in [0.717, 1.165) is 11.3 Å². The van der Waals surface area contributed by atoms with E-state index >= 15 is 0 Å². The van der Waals surface area contributed by atoms with E-state index in [9.17, 15) is 19.7 Å². The van der Waals surface area contributed by atoms with Gasteiger partial charge in [0.15, 0.2) is 11.5 Å². The fraction of sp³-hybridized carbons (Fsp3) is 0.250. The summed E-state index contributed by atoms with van der Waals surface area (Å²) in [5.41, 5.74) is 2.24.